The summed E-state index contributed by atoms with van der Waals surface area (Å²) in [5.74, 6) is 2.00. The van der Waals surface area contributed by atoms with Gasteiger partial charge in [-0.1, -0.05) is 35.3 Å². The lowest BCUT2D eigenvalue weighted by Gasteiger charge is -2.31. The monoisotopic (exact) mass is 577 g/mol. The van der Waals surface area contributed by atoms with Crippen LogP contribution in [0.25, 0.3) is 11.4 Å². The number of amides is 1. The van der Waals surface area contributed by atoms with E-state index in [0.717, 1.165) is 45.3 Å². The van der Waals surface area contributed by atoms with Crippen molar-refractivity contribution in [2.24, 2.45) is 0 Å². The van der Waals surface area contributed by atoms with E-state index in [1.807, 2.05) is 42.5 Å². The zero-order valence-electron chi connectivity index (χ0n) is 23.7. The lowest BCUT2D eigenvalue weighted by atomic mass is 9.97. The molecule has 4 aromatic rings. The van der Waals surface area contributed by atoms with Crippen molar-refractivity contribution in [2.75, 3.05) is 31.6 Å². The number of benzene rings is 3. The molecule has 3 aromatic carbocycles. The fraction of sp³-hybridized carbons (Fsp3) is 0.290. The molecule has 9 heteroatoms. The van der Waals surface area contributed by atoms with Gasteiger partial charge in [-0.25, -0.2) is 4.98 Å². The van der Waals surface area contributed by atoms with Gasteiger partial charge in [-0.3, -0.25) is 15.2 Å². The second kappa shape index (κ2) is 10.7. The molecule has 208 valence electrons. The van der Waals surface area contributed by atoms with E-state index >= 15 is 0 Å². The van der Waals surface area contributed by atoms with E-state index in [-0.39, 0.29) is 18.0 Å². The molecule has 1 unspecified atom stereocenters. The molecule has 0 aliphatic carbocycles. The lowest BCUT2D eigenvalue weighted by Crippen LogP contribution is -2.31. The van der Waals surface area contributed by atoms with Crippen molar-refractivity contribution in [3.05, 3.63) is 92.6 Å². The maximum Gasteiger partial charge on any atom is 0.253 e. The Morgan fingerprint density at radius 3 is 2.35 bits per heavy atom. The van der Waals surface area contributed by atoms with Gasteiger partial charge < -0.3 is 14.2 Å². The van der Waals surface area contributed by atoms with Gasteiger partial charge in [0.25, 0.3) is 5.91 Å². The predicted octanol–water partition coefficient (Wildman–Crippen LogP) is 7.70. The molecule has 0 saturated carbocycles. The number of ether oxygens (including phenoxy) is 1. The van der Waals surface area contributed by atoms with E-state index in [1.54, 1.807) is 32.2 Å². The van der Waals surface area contributed by atoms with Gasteiger partial charge >= 0.3 is 0 Å². The molecule has 0 radical (unpaired) electrons. The molecule has 0 spiro atoms. The number of nitrogens with zero attached hydrogens (tertiary/aromatic N) is 4. The Bertz CT molecular complexity index is 1610. The van der Waals surface area contributed by atoms with E-state index in [1.165, 1.54) is 0 Å². The molecular weight excluding hydrogens is 545 g/mol. The number of halogens is 2. The first kappa shape index (κ1) is 27.9. The molecule has 0 bridgehead atoms. The maximum atomic E-state index is 12.9. The van der Waals surface area contributed by atoms with Gasteiger partial charge in [-0.05, 0) is 86.8 Å². The number of hydrazine groups is 1. The van der Waals surface area contributed by atoms with Crippen LogP contribution in [0.4, 0.5) is 11.5 Å². The standard InChI is InChI=1S/C31H33Cl2N5O2/c1-17(2)37-28-27(23-12-11-21(32)14-19(23)4)38(25-16-22(33)10-8-18(25)3)35-29(28)34-30(37)24-15-20(31(39)36(5)6)9-13-26(24)40-7/h8-17,27,35H,1-7H3. The third-order valence-corrected chi connectivity index (χ3v) is 7.73. The number of aryl methyl sites for hydroxylation is 2. The van der Waals surface area contributed by atoms with Crippen LogP contribution in [0.2, 0.25) is 10.0 Å². The van der Waals surface area contributed by atoms with E-state index < -0.39 is 0 Å². The van der Waals surface area contributed by atoms with Crippen molar-refractivity contribution in [1.82, 2.24) is 14.5 Å². The highest BCUT2D eigenvalue weighted by Gasteiger charge is 2.40. The molecule has 1 atom stereocenters. The normalized spacial score (nSPS) is 14.3. The quantitative estimate of drug-likeness (QED) is 0.254. The summed E-state index contributed by atoms with van der Waals surface area (Å²) in [5, 5.41) is 3.46. The second-order valence-corrected chi connectivity index (χ2v) is 11.4. The molecule has 1 N–H and O–H groups in total. The van der Waals surface area contributed by atoms with Crippen molar-refractivity contribution in [3.8, 4) is 17.1 Å². The average Bonchev–Trinajstić information content (AvgIpc) is 3.45. The number of methoxy groups -OCH3 is 1. The number of anilines is 2. The number of imidazole rings is 1. The Labute approximate surface area is 245 Å². The van der Waals surface area contributed by atoms with E-state index in [2.05, 4.69) is 48.8 Å². The summed E-state index contributed by atoms with van der Waals surface area (Å²) >= 11 is 12.8. The molecule has 0 saturated heterocycles. The van der Waals surface area contributed by atoms with Crippen LogP contribution >= 0.6 is 23.2 Å². The van der Waals surface area contributed by atoms with Crippen molar-refractivity contribution in [1.29, 1.82) is 0 Å². The fourth-order valence-corrected chi connectivity index (χ4v) is 5.74. The number of hydrogen-bond acceptors (Lipinski definition) is 5. The van der Waals surface area contributed by atoms with Crippen molar-refractivity contribution in [3.63, 3.8) is 0 Å². The molecule has 2 heterocycles. The predicted molar refractivity (Wildman–Crippen MR) is 163 cm³/mol. The number of aromatic nitrogens is 2. The molecular formula is C31H33Cl2N5O2. The molecule has 1 aliphatic rings. The average molecular weight is 579 g/mol. The number of nitrogens with one attached hydrogen (secondary N) is 1. The first-order chi connectivity index (χ1) is 19.0. The zero-order chi connectivity index (χ0) is 28.9. The van der Waals surface area contributed by atoms with Gasteiger partial charge in [0, 0.05) is 35.7 Å². The van der Waals surface area contributed by atoms with Crippen LogP contribution in [-0.4, -0.2) is 41.6 Å². The summed E-state index contributed by atoms with van der Waals surface area (Å²) in [5.41, 5.74) is 10.1. The minimum Gasteiger partial charge on any atom is -0.496 e. The SMILES string of the molecule is COc1ccc(C(=O)N(C)C)cc1-c1nc2c(n1C(C)C)C(c1ccc(Cl)cc1C)N(c1cc(Cl)ccc1C)N2. The van der Waals surface area contributed by atoms with Crippen molar-refractivity contribution in [2.45, 2.75) is 39.8 Å². The van der Waals surface area contributed by atoms with Crippen LogP contribution in [0.1, 0.15) is 58.7 Å². The number of fused-ring (bicyclic) bond motifs is 1. The van der Waals surface area contributed by atoms with Gasteiger partial charge in [0.2, 0.25) is 0 Å². The Morgan fingerprint density at radius 2 is 1.70 bits per heavy atom. The third-order valence-electron chi connectivity index (χ3n) is 7.26. The lowest BCUT2D eigenvalue weighted by molar-refractivity contribution is 0.0827. The van der Waals surface area contributed by atoms with Gasteiger partial charge in [0.15, 0.2) is 5.82 Å². The van der Waals surface area contributed by atoms with Gasteiger partial charge in [-0.2, -0.15) is 0 Å². The van der Waals surface area contributed by atoms with Gasteiger partial charge in [-0.15, -0.1) is 0 Å². The highest BCUT2D eigenvalue weighted by molar-refractivity contribution is 6.31. The minimum absolute atomic E-state index is 0.0430. The van der Waals surface area contributed by atoms with Crippen LogP contribution in [0.3, 0.4) is 0 Å². The Balaban J connectivity index is 1.77. The van der Waals surface area contributed by atoms with Crippen molar-refractivity contribution < 1.29 is 9.53 Å². The summed E-state index contributed by atoms with van der Waals surface area (Å²) in [4.78, 5) is 19.6. The molecule has 1 aromatic heterocycles. The molecule has 1 aliphatic heterocycles. The van der Waals surface area contributed by atoms with Crippen LogP contribution in [0.15, 0.2) is 54.6 Å². The Hall–Kier alpha value is -3.68. The van der Waals surface area contributed by atoms with Crippen LogP contribution in [-0.2, 0) is 0 Å². The first-order valence-corrected chi connectivity index (χ1v) is 13.9. The molecule has 1 amide bonds. The van der Waals surface area contributed by atoms with Crippen LogP contribution in [0, 0.1) is 13.8 Å². The van der Waals surface area contributed by atoms with Crippen LogP contribution < -0.4 is 15.2 Å². The molecule has 5 rings (SSSR count). The van der Waals surface area contributed by atoms with Crippen LogP contribution in [0.5, 0.6) is 5.75 Å². The van der Waals surface area contributed by atoms with Crippen molar-refractivity contribution >= 4 is 40.6 Å². The maximum absolute atomic E-state index is 12.9. The molecule has 7 nitrogen and oxygen atoms in total. The highest BCUT2D eigenvalue weighted by atomic mass is 35.5. The van der Waals surface area contributed by atoms with Gasteiger partial charge in [0.05, 0.1) is 24.1 Å². The van der Waals surface area contributed by atoms with E-state index in [9.17, 15) is 4.79 Å². The topological polar surface area (TPSA) is 62.6 Å². The van der Waals surface area contributed by atoms with E-state index in [4.69, 9.17) is 32.9 Å². The number of rotatable bonds is 6. The largest absolute Gasteiger partial charge is 0.496 e. The minimum atomic E-state index is -0.231. The summed E-state index contributed by atoms with van der Waals surface area (Å²) in [6.07, 6.45) is 0. The third kappa shape index (κ3) is 4.78. The van der Waals surface area contributed by atoms with Gasteiger partial charge in [0.1, 0.15) is 17.6 Å². The number of carbonyl (C=O) groups is 1. The summed E-state index contributed by atoms with van der Waals surface area (Å²) < 4.78 is 7.98. The number of carbonyl (C=O) groups excluding carboxylic acids is 1. The fourth-order valence-electron chi connectivity index (χ4n) is 5.35. The summed E-state index contributed by atoms with van der Waals surface area (Å²) in [6, 6.07) is 17.1. The highest BCUT2D eigenvalue weighted by Crippen LogP contribution is 2.48. The molecule has 0 fully saturated rings. The number of hydrogen-bond donors (Lipinski definition) is 1. The Kier molecular flexibility index (Phi) is 7.46. The second-order valence-electron chi connectivity index (χ2n) is 10.6. The zero-order valence-corrected chi connectivity index (χ0v) is 25.2. The molecule has 40 heavy (non-hydrogen) atoms. The summed E-state index contributed by atoms with van der Waals surface area (Å²) in [7, 11) is 5.11. The first-order valence-electron chi connectivity index (χ1n) is 13.1. The summed E-state index contributed by atoms with van der Waals surface area (Å²) in [6.45, 7) is 8.39. The van der Waals surface area contributed by atoms with E-state index in [0.29, 0.717) is 21.4 Å². The smallest absolute Gasteiger partial charge is 0.253 e. The Morgan fingerprint density at radius 1 is 1.00 bits per heavy atom.